The standard InChI is InChI=1S/C26H34N6.2C14H25NO4.C14H25NO3.CHF3O3S.CH4.CH3.Mn/c1-4-31-23-14-8-6-12-21(23)27-25(31)18-29(3)17-20-11-10-16-30(20)19-26-28-22-13-7-9-15-24(22)32(26)5-2;2*1-9(2)7-10(11(16)14(6)8-18-14)15-12(17)19-13(3,4)5;1-9(2)8-11(12(16)10(3)4)15-13(17)18-14(5,6)7;2-1(3,4)8(5,6)7;;;/h6-9,12-15,20H,4-5,10-11,16-19H2,1-3H3;2*9-10H,7-8H2,1-6H3,(H,15,17);9,11H,3,8H2,1-2,4-7H3,(H,15,17);(H,5,6,7);1H4;1H3;/q;;;;;;-1;+3/t20-;10-,14+;10-,14-;11-;;;;/m0000..../s1. The number of benzene rings is 2. The van der Waals surface area contributed by atoms with E-state index in [1.807, 2.05) is 41.5 Å². The largest absolute Gasteiger partial charge is 3.00 e. The Morgan fingerprint density at radius 1 is 0.677 bits per heavy atom. The van der Waals surface area contributed by atoms with Crippen molar-refractivity contribution in [3.05, 3.63) is 79.8 Å². The van der Waals surface area contributed by atoms with Gasteiger partial charge in [0.15, 0.2) is 17.3 Å². The molecule has 23 nitrogen and oxygen atoms in total. The van der Waals surface area contributed by atoms with Crippen LogP contribution in [0, 0.1) is 25.2 Å². The van der Waals surface area contributed by atoms with Crippen LogP contribution in [0.2, 0.25) is 0 Å². The van der Waals surface area contributed by atoms with Crippen LogP contribution in [-0.2, 0) is 91.4 Å². The normalized spacial score (nSPS) is 18.3. The number of imidazole rings is 2. The molecule has 0 spiro atoms. The second-order valence-corrected chi connectivity index (χ2v) is 30.7. The molecule has 99 heavy (non-hydrogen) atoms. The van der Waals surface area contributed by atoms with Crippen molar-refractivity contribution in [2.24, 2.45) is 17.8 Å². The zero-order valence-corrected chi connectivity index (χ0v) is 63.9. The summed E-state index contributed by atoms with van der Waals surface area (Å²) in [4.78, 5) is 86.6. The van der Waals surface area contributed by atoms with E-state index in [4.69, 9.17) is 46.6 Å². The van der Waals surface area contributed by atoms with Gasteiger partial charge in [0.1, 0.15) is 39.7 Å². The molecule has 0 bridgehead atoms. The number of hydrogen-bond acceptors (Lipinski definition) is 17. The summed E-state index contributed by atoms with van der Waals surface area (Å²) < 4.78 is 88.1. The molecule has 7 rings (SSSR count). The van der Waals surface area contributed by atoms with Crippen molar-refractivity contribution in [2.45, 2.75) is 262 Å². The van der Waals surface area contributed by atoms with Gasteiger partial charge in [0.05, 0.1) is 66.5 Å². The Bertz CT molecular complexity index is 3290. The molecule has 6 atom stereocenters. The number of amides is 3. The van der Waals surface area contributed by atoms with Crippen molar-refractivity contribution >= 4 is 67.8 Å². The van der Waals surface area contributed by atoms with Crippen LogP contribution in [0.4, 0.5) is 27.6 Å². The zero-order valence-electron chi connectivity index (χ0n) is 61.9. The monoisotopic (exact) mass is 1460 g/mol. The van der Waals surface area contributed by atoms with Gasteiger partial charge in [-0.3, -0.25) is 28.7 Å². The average Bonchev–Trinajstić information content (AvgIpc) is 1.66. The third-order valence-electron chi connectivity index (χ3n) is 14.9. The number of likely N-dealkylation sites (tertiary alicyclic amines) is 1. The number of carbonyl (C=O) groups is 6. The van der Waals surface area contributed by atoms with Crippen LogP contribution in [-0.4, -0.2) is 169 Å². The number of hydrogen-bond donors (Lipinski definition) is 4. The second kappa shape index (κ2) is 39.4. The summed E-state index contributed by atoms with van der Waals surface area (Å²) >= 11 is 0. The van der Waals surface area contributed by atoms with Crippen LogP contribution in [0.1, 0.15) is 190 Å². The van der Waals surface area contributed by atoms with Crippen LogP contribution < -0.4 is 16.0 Å². The van der Waals surface area contributed by atoms with Gasteiger partial charge in [-0.2, -0.15) is 21.6 Å². The molecule has 4 aromatic rings. The Morgan fingerprint density at radius 3 is 1.33 bits per heavy atom. The third-order valence-corrected chi connectivity index (χ3v) is 15.5. The molecule has 3 aliphatic rings. The van der Waals surface area contributed by atoms with Crippen molar-refractivity contribution in [3.8, 4) is 0 Å². The quantitative estimate of drug-likeness (QED) is 0.0102. The van der Waals surface area contributed by atoms with E-state index in [0.29, 0.717) is 61.8 Å². The summed E-state index contributed by atoms with van der Waals surface area (Å²) in [6, 6.07) is 15.9. The minimum atomic E-state index is -5.84. The molecule has 0 saturated carbocycles. The number of epoxide rings is 2. The number of para-hydroxylation sites is 4. The first-order chi connectivity index (χ1) is 44.0. The first-order valence-corrected chi connectivity index (χ1v) is 34.4. The van der Waals surface area contributed by atoms with Crippen molar-refractivity contribution < 1.29 is 95.7 Å². The summed E-state index contributed by atoms with van der Waals surface area (Å²) in [6.45, 7) is 48.1. The molecule has 3 aliphatic heterocycles. The van der Waals surface area contributed by atoms with E-state index < -0.39 is 80.0 Å². The fraction of sp³-hybridized carbons (Fsp3) is 0.676. The van der Waals surface area contributed by atoms with E-state index >= 15 is 0 Å². The maximum atomic E-state index is 12.3. The molecule has 5 heterocycles. The first-order valence-electron chi connectivity index (χ1n) is 32.9. The number of ketones is 3. The number of rotatable bonds is 23. The number of aromatic nitrogens is 4. The molecule has 4 N–H and O–H groups in total. The van der Waals surface area contributed by atoms with Gasteiger partial charge in [-0.1, -0.05) is 79.8 Å². The molecule has 3 fully saturated rings. The smallest absolute Gasteiger partial charge is 0.444 e. The van der Waals surface area contributed by atoms with E-state index in [0.717, 1.165) is 56.1 Å². The van der Waals surface area contributed by atoms with Crippen molar-refractivity contribution in [2.75, 3.05) is 33.4 Å². The number of fused-ring (bicyclic) bond motifs is 2. The number of alkyl carbamates (subject to hydrolysis) is 3. The number of ether oxygens (including phenoxy) is 5. The molecule has 0 radical (unpaired) electrons. The van der Waals surface area contributed by atoms with Gasteiger partial charge in [-0.05, 0) is 190 Å². The number of alkyl halides is 3. The van der Waals surface area contributed by atoms with Gasteiger partial charge >= 0.3 is 51.0 Å². The Labute approximate surface area is 598 Å². The molecule has 2 aromatic carbocycles. The van der Waals surface area contributed by atoms with Gasteiger partial charge < -0.3 is 56.2 Å². The van der Waals surface area contributed by atoms with E-state index in [1.54, 1.807) is 83.1 Å². The van der Waals surface area contributed by atoms with Crippen LogP contribution in [0.25, 0.3) is 22.1 Å². The van der Waals surface area contributed by atoms with Gasteiger partial charge in [0.25, 0.3) is 0 Å². The fourth-order valence-electron chi connectivity index (χ4n) is 10.3. The molecule has 562 valence electrons. The predicted octanol–water partition coefficient (Wildman–Crippen LogP) is 13.6. The maximum Gasteiger partial charge on any atom is 3.00 e. The summed E-state index contributed by atoms with van der Waals surface area (Å²) in [7, 11) is -3.61. The molecule has 3 saturated heterocycles. The Kier molecular flexibility index (Phi) is 37.0. The minimum absolute atomic E-state index is 0. The van der Waals surface area contributed by atoms with Crippen molar-refractivity contribution in [3.63, 3.8) is 0 Å². The Hall–Kier alpha value is -6.00. The summed E-state index contributed by atoms with van der Waals surface area (Å²) in [5, 5.41) is 7.94. The Balaban J connectivity index is 0.00000127. The van der Waals surface area contributed by atoms with Gasteiger partial charge in [0, 0.05) is 25.7 Å². The van der Waals surface area contributed by atoms with E-state index in [-0.39, 0.29) is 49.3 Å². The molecular formula is C71H117F3MnN9O14S+2. The topological polar surface area (TPSA) is 288 Å². The minimum Gasteiger partial charge on any atom is -0.444 e. The zero-order chi connectivity index (χ0) is 73.3. The molecule has 0 unspecified atom stereocenters. The maximum absolute atomic E-state index is 12.3. The number of carbonyl (C=O) groups excluding carboxylic acids is 6. The van der Waals surface area contributed by atoms with Gasteiger partial charge in [-0.25, -0.2) is 24.4 Å². The molecule has 3 amide bonds. The van der Waals surface area contributed by atoms with Crippen LogP contribution >= 0.6 is 0 Å². The number of Topliss-reactive ketones (excluding diaryl/α,β-unsaturated/α-hetero) is 3. The summed E-state index contributed by atoms with van der Waals surface area (Å²) in [6.07, 6.45) is 2.56. The SMILES string of the molecule is C.C=C(C)C(=O)[C@H](CC(C)C)NC(=O)OC(C)(C)C.CC(C)C[C@H](NC(=O)OC(C)(C)C)C(=O)[C@@]1(C)CO1.CC(C)C[C@H](NC(=O)OC(C)(C)C)C(=O)[C@]1(C)CO1.CCn1c(CN(C)C[C@@H]2CCCN2Cc2nc3ccccc3n2CC)nc2ccccc21.O=S(=O)(O)C(F)(F)F.[CH3-].[Mn+3]. The molecular weight excluding hydrogens is 1350 g/mol. The van der Waals surface area contributed by atoms with Crippen molar-refractivity contribution in [1.82, 2.24) is 44.9 Å². The third kappa shape index (κ3) is 32.3. The molecule has 28 heteroatoms. The Morgan fingerprint density at radius 2 is 1.01 bits per heavy atom. The second-order valence-electron chi connectivity index (χ2n) is 29.3. The fourth-order valence-corrected chi connectivity index (χ4v) is 10.3. The summed E-state index contributed by atoms with van der Waals surface area (Å²) in [5.74, 6) is 2.95. The van der Waals surface area contributed by atoms with E-state index in [1.165, 1.54) is 29.7 Å². The van der Waals surface area contributed by atoms with Crippen LogP contribution in [0.15, 0.2) is 60.7 Å². The van der Waals surface area contributed by atoms with Gasteiger partial charge in [-0.15, -0.1) is 0 Å². The van der Waals surface area contributed by atoms with Crippen LogP contribution in [0.5, 0.6) is 0 Å². The number of nitrogens with zero attached hydrogens (tertiary/aromatic N) is 6. The number of nitrogens with one attached hydrogen (secondary N) is 3. The predicted molar refractivity (Wildman–Crippen MR) is 378 cm³/mol. The number of likely N-dealkylation sites (N-methyl/N-ethyl adjacent to an activating group) is 1. The van der Waals surface area contributed by atoms with E-state index in [2.05, 4.69) is 111 Å². The van der Waals surface area contributed by atoms with E-state index in [9.17, 15) is 41.9 Å². The van der Waals surface area contributed by atoms with Crippen LogP contribution in [0.3, 0.4) is 0 Å². The number of halogens is 3. The molecule has 2 aromatic heterocycles. The average molecular weight is 1460 g/mol. The van der Waals surface area contributed by atoms with Crippen molar-refractivity contribution in [1.29, 1.82) is 0 Å². The van der Waals surface area contributed by atoms with Gasteiger partial charge in [0.2, 0.25) is 0 Å². The summed E-state index contributed by atoms with van der Waals surface area (Å²) in [5.41, 5.74) is -3.58. The first kappa shape index (κ1) is 93.0. The number of aryl methyl sites for hydroxylation is 2. The molecule has 0 aliphatic carbocycles.